The van der Waals surface area contributed by atoms with Crippen molar-refractivity contribution in [2.45, 2.75) is 0 Å². The summed E-state index contributed by atoms with van der Waals surface area (Å²) in [4.78, 5) is 17.5. The summed E-state index contributed by atoms with van der Waals surface area (Å²) in [5, 5.41) is 0. The van der Waals surface area contributed by atoms with Gasteiger partial charge in [0.05, 0.1) is 25.5 Å². The van der Waals surface area contributed by atoms with Gasteiger partial charge in [0.25, 0.3) is 5.56 Å². The Balaban J connectivity index is 2.04. The van der Waals surface area contributed by atoms with Crippen molar-refractivity contribution >= 4 is 0 Å². The summed E-state index contributed by atoms with van der Waals surface area (Å²) in [5.41, 5.74) is 4.91. The standard InChI is InChI=1S/C25H22N2O3/c1-27-24(18-12-14-26-15-13-18)21(17-8-10-19(29-2)11-9-17)16-22(25(27)28)20-6-4-5-7-23(20)30-3/h4-16H,1-3H3. The lowest BCUT2D eigenvalue weighted by Gasteiger charge is -2.18. The maximum atomic E-state index is 13.4. The summed E-state index contributed by atoms with van der Waals surface area (Å²) in [6.45, 7) is 0. The Kier molecular flexibility index (Phi) is 5.35. The van der Waals surface area contributed by atoms with E-state index in [-0.39, 0.29) is 5.56 Å². The average molecular weight is 398 g/mol. The summed E-state index contributed by atoms with van der Waals surface area (Å²) in [7, 11) is 5.05. The van der Waals surface area contributed by atoms with Crippen LogP contribution in [0.3, 0.4) is 0 Å². The van der Waals surface area contributed by atoms with E-state index in [2.05, 4.69) is 4.98 Å². The largest absolute Gasteiger partial charge is 0.497 e. The van der Waals surface area contributed by atoms with E-state index in [0.717, 1.165) is 33.7 Å². The van der Waals surface area contributed by atoms with Gasteiger partial charge in [0, 0.05) is 36.1 Å². The van der Waals surface area contributed by atoms with Crippen molar-refractivity contribution in [3.63, 3.8) is 0 Å². The van der Waals surface area contributed by atoms with Gasteiger partial charge in [-0.2, -0.15) is 0 Å². The molecule has 4 aromatic rings. The molecule has 0 saturated carbocycles. The van der Waals surface area contributed by atoms with Crippen LogP contribution in [0.5, 0.6) is 11.5 Å². The second kappa shape index (κ2) is 8.25. The van der Waals surface area contributed by atoms with Crippen LogP contribution in [0.1, 0.15) is 0 Å². The lowest BCUT2D eigenvalue weighted by Crippen LogP contribution is -2.21. The number of benzene rings is 2. The smallest absolute Gasteiger partial charge is 0.258 e. The molecular formula is C25H22N2O3. The third-order valence-corrected chi connectivity index (χ3v) is 5.17. The predicted octanol–water partition coefficient (Wildman–Crippen LogP) is 4.80. The van der Waals surface area contributed by atoms with Gasteiger partial charge in [-0.1, -0.05) is 30.3 Å². The molecule has 2 aromatic carbocycles. The molecule has 2 aromatic heterocycles. The molecule has 0 fully saturated rings. The fourth-order valence-electron chi connectivity index (χ4n) is 3.65. The monoisotopic (exact) mass is 398 g/mol. The van der Waals surface area contributed by atoms with Gasteiger partial charge in [-0.3, -0.25) is 9.78 Å². The van der Waals surface area contributed by atoms with Gasteiger partial charge in [0.1, 0.15) is 11.5 Å². The highest BCUT2D eigenvalue weighted by Gasteiger charge is 2.18. The third kappa shape index (κ3) is 3.46. The molecule has 150 valence electrons. The predicted molar refractivity (Wildman–Crippen MR) is 119 cm³/mol. The first-order chi connectivity index (χ1) is 14.6. The van der Waals surface area contributed by atoms with E-state index in [9.17, 15) is 4.79 Å². The molecular weight excluding hydrogens is 376 g/mol. The molecule has 30 heavy (non-hydrogen) atoms. The number of rotatable bonds is 5. The molecule has 0 radical (unpaired) electrons. The van der Waals surface area contributed by atoms with Gasteiger partial charge in [-0.15, -0.1) is 0 Å². The highest BCUT2D eigenvalue weighted by Crippen LogP contribution is 2.36. The maximum absolute atomic E-state index is 13.4. The molecule has 2 heterocycles. The van der Waals surface area contributed by atoms with Crippen LogP contribution in [0.15, 0.2) is 83.9 Å². The lowest BCUT2D eigenvalue weighted by atomic mass is 9.95. The minimum atomic E-state index is -0.0939. The Bertz CT molecular complexity index is 1230. The number of pyridine rings is 2. The van der Waals surface area contributed by atoms with Crippen molar-refractivity contribution in [1.82, 2.24) is 9.55 Å². The molecule has 0 atom stereocenters. The third-order valence-electron chi connectivity index (χ3n) is 5.17. The SMILES string of the molecule is COc1ccc(-c2cc(-c3ccccc3OC)c(=O)n(C)c2-c2ccncc2)cc1. The first-order valence-electron chi connectivity index (χ1n) is 9.56. The molecule has 0 unspecified atom stereocenters. The van der Waals surface area contributed by atoms with Gasteiger partial charge in [-0.25, -0.2) is 0 Å². The Morgan fingerprint density at radius 3 is 2.13 bits per heavy atom. The first-order valence-corrected chi connectivity index (χ1v) is 9.56. The second-order valence-corrected chi connectivity index (χ2v) is 6.85. The Morgan fingerprint density at radius 2 is 1.47 bits per heavy atom. The fourth-order valence-corrected chi connectivity index (χ4v) is 3.65. The van der Waals surface area contributed by atoms with Crippen LogP contribution in [0.25, 0.3) is 33.5 Å². The highest BCUT2D eigenvalue weighted by atomic mass is 16.5. The maximum Gasteiger partial charge on any atom is 0.258 e. The summed E-state index contributed by atoms with van der Waals surface area (Å²) < 4.78 is 12.5. The molecule has 0 amide bonds. The zero-order chi connectivity index (χ0) is 21.1. The molecule has 4 rings (SSSR count). The average Bonchev–Trinajstić information content (AvgIpc) is 2.81. The number of para-hydroxylation sites is 1. The van der Waals surface area contributed by atoms with Crippen LogP contribution in [0, 0.1) is 0 Å². The molecule has 5 nitrogen and oxygen atoms in total. The van der Waals surface area contributed by atoms with Crippen molar-refractivity contribution in [1.29, 1.82) is 0 Å². The summed E-state index contributed by atoms with van der Waals surface area (Å²) >= 11 is 0. The number of aromatic nitrogens is 2. The quantitative estimate of drug-likeness (QED) is 0.485. The first kappa shape index (κ1) is 19.5. The van der Waals surface area contributed by atoms with E-state index in [4.69, 9.17) is 9.47 Å². The molecule has 0 aliphatic heterocycles. The Hall–Kier alpha value is -3.86. The molecule has 0 spiro atoms. The highest BCUT2D eigenvalue weighted by molar-refractivity contribution is 5.85. The minimum absolute atomic E-state index is 0.0939. The zero-order valence-corrected chi connectivity index (χ0v) is 17.1. The number of hydrogen-bond acceptors (Lipinski definition) is 4. The van der Waals surface area contributed by atoms with Gasteiger partial charge < -0.3 is 14.0 Å². The number of hydrogen-bond donors (Lipinski definition) is 0. The van der Waals surface area contributed by atoms with Crippen LogP contribution in [0.2, 0.25) is 0 Å². The summed E-state index contributed by atoms with van der Waals surface area (Å²) in [6, 6.07) is 21.1. The van der Waals surface area contributed by atoms with E-state index in [1.54, 1.807) is 38.2 Å². The van der Waals surface area contributed by atoms with E-state index in [1.165, 1.54) is 0 Å². The van der Waals surface area contributed by atoms with Crippen molar-refractivity contribution in [3.05, 3.63) is 89.5 Å². The van der Waals surface area contributed by atoms with Gasteiger partial charge in [-0.05, 0) is 42.0 Å². The second-order valence-electron chi connectivity index (χ2n) is 6.85. The molecule has 0 aliphatic carbocycles. The van der Waals surface area contributed by atoms with E-state index >= 15 is 0 Å². The molecule has 0 aliphatic rings. The van der Waals surface area contributed by atoms with Gasteiger partial charge in [0.2, 0.25) is 0 Å². The van der Waals surface area contributed by atoms with E-state index < -0.39 is 0 Å². The zero-order valence-electron chi connectivity index (χ0n) is 17.1. The Labute approximate surface area is 175 Å². The number of ether oxygens (including phenoxy) is 2. The van der Waals surface area contributed by atoms with Crippen molar-refractivity contribution in [2.75, 3.05) is 14.2 Å². The Morgan fingerprint density at radius 1 is 0.767 bits per heavy atom. The van der Waals surface area contributed by atoms with Crippen LogP contribution in [-0.2, 0) is 7.05 Å². The van der Waals surface area contributed by atoms with Gasteiger partial charge in [0.15, 0.2) is 0 Å². The lowest BCUT2D eigenvalue weighted by molar-refractivity contribution is 0.415. The topological polar surface area (TPSA) is 53.4 Å². The summed E-state index contributed by atoms with van der Waals surface area (Å²) in [5.74, 6) is 1.44. The molecule has 0 N–H and O–H groups in total. The van der Waals surface area contributed by atoms with E-state index in [1.807, 2.05) is 66.7 Å². The fraction of sp³-hybridized carbons (Fsp3) is 0.120. The van der Waals surface area contributed by atoms with Crippen LogP contribution >= 0.6 is 0 Å². The normalized spacial score (nSPS) is 10.6. The molecule has 5 heteroatoms. The minimum Gasteiger partial charge on any atom is -0.497 e. The number of methoxy groups -OCH3 is 2. The van der Waals surface area contributed by atoms with Gasteiger partial charge >= 0.3 is 0 Å². The van der Waals surface area contributed by atoms with Crippen molar-refractivity contribution in [2.24, 2.45) is 7.05 Å². The van der Waals surface area contributed by atoms with Crippen molar-refractivity contribution in [3.8, 4) is 45.0 Å². The number of nitrogens with zero attached hydrogens (tertiary/aromatic N) is 2. The molecule has 0 bridgehead atoms. The van der Waals surface area contributed by atoms with Crippen LogP contribution in [-0.4, -0.2) is 23.8 Å². The van der Waals surface area contributed by atoms with E-state index in [0.29, 0.717) is 11.3 Å². The summed E-state index contributed by atoms with van der Waals surface area (Å²) in [6.07, 6.45) is 3.46. The van der Waals surface area contributed by atoms with Crippen molar-refractivity contribution < 1.29 is 9.47 Å². The molecule has 0 saturated heterocycles. The van der Waals surface area contributed by atoms with Crippen LogP contribution < -0.4 is 15.0 Å². The van der Waals surface area contributed by atoms with Crippen LogP contribution in [0.4, 0.5) is 0 Å².